The molecule has 1 amide bonds. The predicted octanol–water partition coefficient (Wildman–Crippen LogP) is 4.10. The number of hydrogen-bond acceptors (Lipinski definition) is 4. The second kappa shape index (κ2) is 8.21. The van der Waals surface area contributed by atoms with Crippen LogP contribution in [-0.4, -0.2) is 48.6 Å². The van der Waals surface area contributed by atoms with Gasteiger partial charge in [0.05, 0.1) is 7.11 Å². The standard InChI is InChI=1S/C23H29N3O2/c1-17-11-13-25(22-16-19(28-2)10-12-24-22)14-15-26(17)23(27)21-9-4-3-8-20(21)18-6-5-7-18/h3-4,8-10,12,16-18H,5-7,11,13-15H2,1-2H3/t17-/m1/s1. The topological polar surface area (TPSA) is 45.7 Å². The van der Waals surface area contributed by atoms with Crippen LogP contribution in [0.3, 0.4) is 0 Å². The molecule has 1 saturated carbocycles. The van der Waals surface area contributed by atoms with Gasteiger partial charge in [0.1, 0.15) is 11.6 Å². The van der Waals surface area contributed by atoms with E-state index in [0.717, 1.165) is 36.6 Å². The van der Waals surface area contributed by atoms with Crippen LogP contribution in [-0.2, 0) is 0 Å². The summed E-state index contributed by atoms with van der Waals surface area (Å²) >= 11 is 0. The third-order valence-electron chi connectivity index (χ3n) is 6.23. The van der Waals surface area contributed by atoms with Gasteiger partial charge in [0.2, 0.25) is 0 Å². The lowest BCUT2D eigenvalue weighted by atomic mass is 9.78. The lowest BCUT2D eigenvalue weighted by molar-refractivity contribution is 0.0702. The third kappa shape index (κ3) is 3.71. The van der Waals surface area contributed by atoms with Crippen molar-refractivity contribution in [2.75, 3.05) is 31.6 Å². The lowest BCUT2D eigenvalue weighted by Crippen LogP contribution is -2.40. The minimum Gasteiger partial charge on any atom is -0.497 e. The average Bonchev–Trinajstić information content (AvgIpc) is 2.88. The molecule has 2 aliphatic rings. The molecule has 1 aliphatic carbocycles. The maximum atomic E-state index is 13.4. The summed E-state index contributed by atoms with van der Waals surface area (Å²) in [5, 5.41) is 0. The first kappa shape index (κ1) is 18.8. The van der Waals surface area contributed by atoms with Crippen LogP contribution in [0.15, 0.2) is 42.6 Å². The molecule has 5 nitrogen and oxygen atoms in total. The summed E-state index contributed by atoms with van der Waals surface area (Å²) < 4.78 is 5.34. The Kier molecular flexibility index (Phi) is 5.51. The molecule has 1 aliphatic heterocycles. The Morgan fingerprint density at radius 3 is 2.68 bits per heavy atom. The molecule has 0 unspecified atom stereocenters. The van der Waals surface area contributed by atoms with Gasteiger partial charge in [-0.3, -0.25) is 4.79 Å². The van der Waals surface area contributed by atoms with E-state index in [2.05, 4.69) is 33.8 Å². The average molecular weight is 380 g/mol. The second-order valence-electron chi connectivity index (χ2n) is 7.89. The van der Waals surface area contributed by atoms with Crippen molar-refractivity contribution in [3.8, 4) is 5.75 Å². The van der Waals surface area contributed by atoms with Crippen molar-refractivity contribution >= 4 is 11.7 Å². The van der Waals surface area contributed by atoms with Crippen LogP contribution >= 0.6 is 0 Å². The Balaban J connectivity index is 1.52. The van der Waals surface area contributed by atoms with Gasteiger partial charge < -0.3 is 14.5 Å². The van der Waals surface area contributed by atoms with Gasteiger partial charge in [-0.25, -0.2) is 4.98 Å². The molecule has 28 heavy (non-hydrogen) atoms. The Hall–Kier alpha value is -2.56. The van der Waals surface area contributed by atoms with Crippen molar-refractivity contribution < 1.29 is 9.53 Å². The van der Waals surface area contributed by atoms with Gasteiger partial charge in [-0.1, -0.05) is 24.6 Å². The Morgan fingerprint density at radius 2 is 1.93 bits per heavy atom. The van der Waals surface area contributed by atoms with Gasteiger partial charge in [-0.2, -0.15) is 0 Å². The normalized spacial score (nSPS) is 20.4. The van der Waals surface area contributed by atoms with Crippen LogP contribution < -0.4 is 9.64 Å². The third-order valence-corrected chi connectivity index (χ3v) is 6.23. The summed E-state index contributed by atoms with van der Waals surface area (Å²) in [6, 6.07) is 12.2. The van der Waals surface area contributed by atoms with Gasteiger partial charge in [0.25, 0.3) is 5.91 Å². The molecule has 1 aromatic heterocycles. The largest absolute Gasteiger partial charge is 0.497 e. The molecule has 0 N–H and O–H groups in total. The van der Waals surface area contributed by atoms with Crippen LogP contribution in [0, 0.1) is 0 Å². The number of hydrogen-bond donors (Lipinski definition) is 0. The number of rotatable bonds is 4. The van der Waals surface area contributed by atoms with Gasteiger partial charge >= 0.3 is 0 Å². The molecule has 2 fully saturated rings. The van der Waals surface area contributed by atoms with Crippen molar-refractivity contribution in [1.29, 1.82) is 0 Å². The molecular weight excluding hydrogens is 350 g/mol. The zero-order valence-corrected chi connectivity index (χ0v) is 16.8. The molecule has 0 spiro atoms. The zero-order valence-electron chi connectivity index (χ0n) is 16.8. The first-order valence-corrected chi connectivity index (χ1v) is 10.3. The fourth-order valence-corrected chi connectivity index (χ4v) is 4.21. The number of ether oxygens (including phenoxy) is 1. The van der Waals surface area contributed by atoms with E-state index in [1.807, 2.05) is 24.3 Å². The van der Waals surface area contributed by atoms with E-state index < -0.39 is 0 Å². The number of benzene rings is 1. The van der Waals surface area contributed by atoms with E-state index in [1.165, 1.54) is 24.8 Å². The van der Waals surface area contributed by atoms with Gasteiger partial charge in [0, 0.05) is 43.5 Å². The van der Waals surface area contributed by atoms with Gasteiger partial charge in [0.15, 0.2) is 0 Å². The highest BCUT2D eigenvalue weighted by Crippen LogP contribution is 2.38. The van der Waals surface area contributed by atoms with Crippen LogP contribution in [0.4, 0.5) is 5.82 Å². The first-order chi connectivity index (χ1) is 13.7. The van der Waals surface area contributed by atoms with Crippen molar-refractivity contribution in [3.63, 3.8) is 0 Å². The summed E-state index contributed by atoms with van der Waals surface area (Å²) in [4.78, 5) is 22.3. The predicted molar refractivity (Wildman–Crippen MR) is 111 cm³/mol. The fourth-order valence-electron chi connectivity index (χ4n) is 4.21. The summed E-state index contributed by atoms with van der Waals surface area (Å²) in [5.74, 6) is 2.45. The zero-order chi connectivity index (χ0) is 19.5. The quantitative estimate of drug-likeness (QED) is 0.802. The molecule has 2 heterocycles. The van der Waals surface area contributed by atoms with E-state index in [4.69, 9.17) is 4.74 Å². The van der Waals surface area contributed by atoms with E-state index in [0.29, 0.717) is 12.5 Å². The molecule has 0 radical (unpaired) electrons. The molecule has 5 heteroatoms. The maximum absolute atomic E-state index is 13.4. The van der Waals surface area contributed by atoms with Crippen LogP contribution in [0.1, 0.15) is 54.4 Å². The van der Waals surface area contributed by atoms with Crippen LogP contribution in [0.25, 0.3) is 0 Å². The molecule has 1 aromatic carbocycles. The van der Waals surface area contributed by atoms with Crippen LogP contribution in [0.2, 0.25) is 0 Å². The number of carbonyl (C=O) groups excluding carboxylic acids is 1. The summed E-state index contributed by atoms with van der Waals surface area (Å²) in [6.07, 6.45) is 6.39. The maximum Gasteiger partial charge on any atom is 0.254 e. The van der Waals surface area contributed by atoms with Crippen LogP contribution in [0.5, 0.6) is 5.75 Å². The van der Waals surface area contributed by atoms with E-state index in [-0.39, 0.29) is 11.9 Å². The highest BCUT2D eigenvalue weighted by Gasteiger charge is 2.30. The van der Waals surface area contributed by atoms with Crippen molar-refractivity contribution in [1.82, 2.24) is 9.88 Å². The minimum atomic E-state index is 0.176. The summed E-state index contributed by atoms with van der Waals surface area (Å²) in [5.41, 5.74) is 2.13. The number of methoxy groups -OCH3 is 1. The monoisotopic (exact) mass is 379 g/mol. The number of amides is 1. The highest BCUT2D eigenvalue weighted by molar-refractivity contribution is 5.96. The second-order valence-corrected chi connectivity index (χ2v) is 7.89. The highest BCUT2D eigenvalue weighted by atomic mass is 16.5. The first-order valence-electron chi connectivity index (χ1n) is 10.3. The lowest BCUT2D eigenvalue weighted by Gasteiger charge is -2.31. The SMILES string of the molecule is COc1ccnc(N2CC[C@@H](C)N(C(=O)c3ccccc3C3CCC3)CC2)c1. The molecule has 0 bridgehead atoms. The van der Waals surface area contributed by atoms with E-state index in [1.54, 1.807) is 13.3 Å². The summed E-state index contributed by atoms with van der Waals surface area (Å²) in [7, 11) is 1.67. The Bertz CT molecular complexity index is 834. The van der Waals surface area contributed by atoms with Gasteiger partial charge in [-0.05, 0) is 49.8 Å². The molecule has 1 saturated heterocycles. The van der Waals surface area contributed by atoms with Crippen molar-refractivity contribution in [2.45, 2.75) is 44.6 Å². The molecular formula is C23H29N3O2. The number of carbonyl (C=O) groups is 1. The Morgan fingerprint density at radius 1 is 1.11 bits per heavy atom. The number of anilines is 1. The van der Waals surface area contributed by atoms with Crippen molar-refractivity contribution in [3.05, 3.63) is 53.7 Å². The van der Waals surface area contributed by atoms with Crippen molar-refractivity contribution in [2.24, 2.45) is 0 Å². The number of aromatic nitrogens is 1. The smallest absolute Gasteiger partial charge is 0.254 e. The molecule has 4 rings (SSSR count). The minimum absolute atomic E-state index is 0.176. The van der Waals surface area contributed by atoms with Gasteiger partial charge in [-0.15, -0.1) is 0 Å². The fraction of sp³-hybridized carbons (Fsp3) is 0.478. The van der Waals surface area contributed by atoms with E-state index in [9.17, 15) is 4.79 Å². The number of nitrogens with zero attached hydrogens (tertiary/aromatic N) is 3. The van der Waals surface area contributed by atoms with E-state index >= 15 is 0 Å². The number of pyridine rings is 1. The molecule has 148 valence electrons. The molecule has 2 aromatic rings. The Labute approximate surface area is 167 Å². The summed E-state index contributed by atoms with van der Waals surface area (Å²) in [6.45, 7) is 4.53. The molecule has 1 atom stereocenters.